The zero-order chi connectivity index (χ0) is 18.0. The summed E-state index contributed by atoms with van der Waals surface area (Å²) in [5, 5.41) is 0. The number of fused-ring (bicyclic) bond motifs is 1. The Kier molecular flexibility index (Phi) is 4.73. The zero-order valence-corrected chi connectivity index (χ0v) is 15.0. The number of ether oxygens (including phenoxy) is 1. The summed E-state index contributed by atoms with van der Waals surface area (Å²) in [4.78, 5) is 0.229. The second kappa shape index (κ2) is 6.81. The molecule has 0 atom stereocenters. The van der Waals surface area contributed by atoms with Crippen molar-refractivity contribution in [2.24, 2.45) is 4.40 Å². The average molecular weight is 378 g/mol. The first-order chi connectivity index (χ1) is 12.0. The molecule has 2 aromatic carbocycles. The van der Waals surface area contributed by atoms with E-state index in [1.807, 2.05) is 0 Å². The topological polar surface area (TPSA) is 60.7 Å². The van der Waals surface area contributed by atoms with Crippen LogP contribution in [0.25, 0.3) is 10.2 Å². The second-order valence-corrected chi connectivity index (χ2v) is 7.73. The van der Waals surface area contributed by atoms with E-state index in [0.717, 1.165) is 11.3 Å². The van der Waals surface area contributed by atoms with Crippen LogP contribution in [0, 0.1) is 5.82 Å². The van der Waals surface area contributed by atoms with E-state index < -0.39 is 15.8 Å². The molecule has 0 aliphatic rings. The van der Waals surface area contributed by atoms with Gasteiger partial charge in [-0.2, -0.15) is 8.42 Å². The van der Waals surface area contributed by atoms with Gasteiger partial charge < -0.3 is 9.30 Å². The maximum Gasteiger partial charge on any atom is 0.285 e. The largest absolute Gasteiger partial charge is 0.497 e. The third kappa shape index (κ3) is 3.35. The molecule has 8 heteroatoms. The van der Waals surface area contributed by atoms with Crippen molar-refractivity contribution < 1.29 is 17.5 Å². The second-order valence-electron chi connectivity index (χ2n) is 5.11. The molecule has 0 spiro atoms. The van der Waals surface area contributed by atoms with Crippen molar-refractivity contribution in [3.8, 4) is 5.75 Å². The maximum absolute atomic E-state index is 14.2. The van der Waals surface area contributed by atoms with Crippen molar-refractivity contribution in [3.63, 3.8) is 0 Å². The fourth-order valence-electron chi connectivity index (χ4n) is 2.36. The number of nitrogens with zero attached hydrogens (tertiary/aromatic N) is 2. The van der Waals surface area contributed by atoms with Crippen molar-refractivity contribution in [2.75, 3.05) is 7.11 Å². The van der Waals surface area contributed by atoms with Crippen LogP contribution in [-0.2, 0) is 16.6 Å². The number of hydrogen-bond donors (Lipinski definition) is 0. The lowest BCUT2D eigenvalue weighted by Crippen LogP contribution is -2.17. The van der Waals surface area contributed by atoms with Gasteiger partial charge in [-0.05, 0) is 36.4 Å². The highest BCUT2D eigenvalue weighted by Gasteiger charge is 2.16. The third-order valence-corrected chi connectivity index (χ3v) is 5.96. The minimum absolute atomic E-state index is 0.0383. The summed E-state index contributed by atoms with van der Waals surface area (Å²) >= 11 is 1.11. The minimum atomic E-state index is -3.94. The molecule has 0 amide bonds. The number of sulfonamides is 1. The molecule has 0 radical (unpaired) electrons. The van der Waals surface area contributed by atoms with Crippen LogP contribution in [-0.4, -0.2) is 20.1 Å². The lowest BCUT2D eigenvalue weighted by atomic mass is 10.3. The van der Waals surface area contributed by atoms with Crippen molar-refractivity contribution in [1.29, 1.82) is 0 Å². The number of benzene rings is 2. The fourth-order valence-corrected chi connectivity index (χ4v) is 4.62. The van der Waals surface area contributed by atoms with Gasteiger partial charge >= 0.3 is 0 Å². The molecule has 0 unspecified atom stereocenters. The first kappa shape index (κ1) is 17.4. The van der Waals surface area contributed by atoms with Crippen LogP contribution >= 0.6 is 11.3 Å². The van der Waals surface area contributed by atoms with E-state index in [-0.39, 0.29) is 16.2 Å². The standard InChI is InChI=1S/C17H15FN2O3S2/c1-3-11-20-16-14(18)5-4-6-15(16)24-17(20)19-25(21,22)13-9-7-12(23-2)8-10-13/h3-10H,1,11H2,2H3. The predicted molar refractivity (Wildman–Crippen MR) is 95.7 cm³/mol. The van der Waals surface area contributed by atoms with Crippen molar-refractivity contribution in [3.05, 3.63) is 65.7 Å². The van der Waals surface area contributed by atoms with Gasteiger partial charge in [0.2, 0.25) is 4.80 Å². The van der Waals surface area contributed by atoms with Gasteiger partial charge in [0.15, 0.2) is 0 Å². The van der Waals surface area contributed by atoms with Crippen LogP contribution in [0.5, 0.6) is 5.75 Å². The van der Waals surface area contributed by atoms with Crippen LogP contribution in [0.15, 0.2) is 64.4 Å². The van der Waals surface area contributed by atoms with Crippen LogP contribution in [0.2, 0.25) is 0 Å². The van der Waals surface area contributed by atoms with Crippen molar-refractivity contribution in [1.82, 2.24) is 4.57 Å². The molecule has 0 aliphatic heterocycles. The maximum atomic E-state index is 14.2. The highest BCUT2D eigenvalue weighted by atomic mass is 32.2. The molecule has 0 fully saturated rings. The van der Waals surface area contributed by atoms with Crippen molar-refractivity contribution >= 4 is 31.6 Å². The highest BCUT2D eigenvalue weighted by molar-refractivity contribution is 7.90. The Morgan fingerprint density at radius 2 is 2.00 bits per heavy atom. The predicted octanol–water partition coefficient (Wildman–Crippen LogP) is 3.33. The Morgan fingerprint density at radius 1 is 1.28 bits per heavy atom. The number of allylic oxidation sites excluding steroid dienone is 1. The number of para-hydroxylation sites is 1. The zero-order valence-electron chi connectivity index (χ0n) is 13.3. The molecule has 0 aliphatic carbocycles. The van der Waals surface area contributed by atoms with E-state index in [4.69, 9.17) is 4.74 Å². The van der Waals surface area contributed by atoms with Gasteiger partial charge in [0, 0.05) is 6.54 Å². The van der Waals surface area contributed by atoms with Crippen LogP contribution < -0.4 is 9.54 Å². The Morgan fingerprint density at radius 3 is 2.64 bits per heavy atom. The quantitative estimate of drug-likeness (QED) is 0.640. The van der Waals surface area contributed by atoms with E-state index in [0.29, 0.717) is 16.0 Å². The number of thiazole rings is 1. The van der Waals surface area contributed by atoms with Gasteiger partial charge in [0.05, 0.1) is 22.2 Å². The normalized spacial score (nSPS) is 12.5. The van der Waals surface area contributed by atoms with E-state index >= 15 is 0 Å². The van der Waals surface area contributed by atoms with Gasteiger partial charge in [-0.1, -0.05) is 23.5 Å². The minimum Gasteiger partial charge on any atom is -0.497 e. The summed E-state index contributed by atoms with van der Waals surface area (Å²) in [6.07, 6.45) is 1.57. The van der Waals surface area contributed by atoms with Crippen molar-refractivity contribution in [2.45, 2.75) is 11.4 Å². The van der Waals surface area contributed by atoms with Crippen LogP contribution in [0.3, 0.4) is 0 Å². The Bertz CT molecular complexity index is 1100. The molecule has 5 nitrogen and oxygen atoms in total. The highest BCUT2D eigenvalue weighted by Crippen LogP contribution is 2.22. The van der Waals surface area contributed by atoms with E-state index in [2.05, 4.69) is 11.0 Å². The fraction of sp³-hybridized carbons (Fsp3) is 0.118. The number of hydrogen-bond acceptors (Lipinski definition) is 4. The first-order valence-corrected chi connectivity index (χ1v) is 9.56. The van der Waals surface area contributed by atoms with E-state index in [1.54, 1.807) is 30.3 Å². The third-order valence-electron chi connectivity index (χ3n) is 3.52. The Balaban J connectivity index is 2.21. The summed E-state index contributed by atoms with van der Waals surface area (Å²) < 4.78 is 50.4. The molecule has 3 aromatic rings. The van der Waals surface area contributed by atoms with E-state index in [1.165, 1.54) is 29.9 Å². The smallest absolute Gasteiger partial charge is 0.285 e. The molecule has 0 saturated heterocycles. The number of rotatable bonds is 5. The number of methoxy groups -OCH3 is 1. The molecule has 0 bridgehead atoms. The molecule has 25 heavy (non-hydrogen) atoms. The summed E-state index contributed by atoms with van der Waals surface area (Å²) in [5.41, 5.74) is 0.316. The van der Waals surface area contributed by atoms with Gasteiger partial charge in [0.1, 0.15) is 11.6 Å². The van der Waals surface area contributed by atoms with Crippen LogP contribution in [0.4, 0.5) is 4.39 Å². The molecule has 0 N–H and O–H groups in total. The molecular formula is C17H15FN2O3S2. The van der Waals surface area contributed by atoms with Gasteiger partial charge in [-0.25, -0.2) is 4.39 Å². The van der Waals surface area contributed by atoms with Gasteiger partial charge in [-0.3, -0.25) is 0 Å². The monoisotopic (exact) mass is 378 g/mol. The Labute approximate surface area is 148 Å². The van der Waals surface area contributed by atoms with Crippen LogP contribution in [0.1, 0.15) is 0 Å². The molecule has 0 saturated carbocycles. The summed E-state index contributed by atoms with van der Waals surface area (Å²) in [5.74, 6) is 0.114. The lowest BCUT2D eigenvalue weighted by molar-refractivity contribution is 0.414. The van der Waals surface area contributed by atoms with Gasteiger partial charge in [0.25, 0.3) is 10.0 Å². The molecule has 1 aromatic heterocycles. The molecular weight excluding hydrogens is 363 g/mol. The summed E-state index contributed by atoms with van der Waals surface area (Å²) in [6, 6.07) is 10.6. The molecule has 1 heterocycles. The molecule has 3 rings (SSSR count). The number of aromatic nitrogens is 1. The van der Waals surface area contributed by atoms with E-state index in [9.17, 15) is 12.8 Å². The SMILES string of the molecule is C=CCn1c(=NS(=O)(=O)c2ccc(OC)cc2)sc2cccc(F)c21. The van der Waals surface area contributed by atoms with Gasteiger partial charge in [-0.15, -0.1) is 11.0 Å². The molecule has 130 valence electrons. The lowest BCUT2D eigenvalue weighted by Gasteiger charge is -2.03. The summed E-state index contributed by atoms with van der Waals surface area (Å²) in [7, 11) is -2.44. The first-order valence-electron chi connectivity index (χ1n) is 7.30. The Hall–Kier alpha value is -2.45. The summed E-state index contributed by atoms with van der Waals surface area (Å²) in [6.45, 7) is 3.89. The number of halogens is 1. The average Bonchev–Trinajstić information content (AvgIpc) is 2.93.